The Balaban J connectivity index is 1.96. The number of carbonyl (C=O) groups excluding carboxylic acids is 2. The van der Waals surface area contributed by atoms with Gasteiger partial charge in [0.05, 0.1) is 39.7 Å². The monoisotopic (exact) mass is 526 g/mol. The highest BCUT2D eigenvalue weighted by Crippen LogP contribution is 2.36. The van der Waals surface area contributed by atoms with Crippen LogP contribution in [0.2, 0.25) is 0 Å². The van der Waals surface area contributed by atoms with Gasteiger partial charge in [-0.25, -0.2) is 9.80 Å². The smallest absolute Gasteiger partial charge is 0.318 e. The average Bonchev–Trinajstić information content (AvgIpc) is 3.35. The van der Waals surface area contributed by atoms with Gasteiger partial charge in [-0.15, -0.1) is 0 Å². The quantitative estimate of drug-likeness (QED) is 0.505. The van der Waals surface area contributed by atoms with E-state index >= 15 is 0 Å². The molecular weight excluding hydrogens is 488 g/mol. The lowest BCUT2D eigenvalue weighted by Crippen LogP contribution is -2.52. The Bertz CT molecular complexity index is 1140. The number of nitrogens with zero attached hydrogens (tertiary/aromatic N) is 3. The minimum atomic E-state index is -0.457. The summed E-state index contributed by atoms with van der Waals surface area (Å²) < 4.78 is 21.4. The number of urea groups is 1. The summed E-state index contributed by atoms with van der Waals surface area (Å²) in [6.45, 7) is 6.06. The van der Waals surface area contributed by atoms with Crippen molar-refractivity contribution < 1.29 is 28.5 Å². The van der Waals surface area contributed by atoms with E-state index in [0.717, 1.165) is 11.1 Å². The second-order valence-electron chi connectivity index (χ2n) is 9.94. The Kier molecular flexibility index (Phi) is 9.57. The van der Waals surface area contributed by atoms with Crippen LogP contribution >= 0.6 is 0 Å². The Morgan fingerprint density at radius 2 is 1.66 bits per heavy atom. The van der Waals surface area contributed by atoms with Crippen LogP contribution in [0.15, 0.2) is 47.6 Å². The van der Waals surface area contributed by atoms with Crippen LogP contribution in [0.1, 0.15) is 44.4 Å². The average molecular weight is 527 g/mol. The van der Waals surface area contributed by atoms with E-state index in [9.17, 15) is 9.59 Å². The van der Waals surface area contributed by atoms with E-state index in [2.05, 4.69) is 5.32 Å². The lowest BCUT2D eigenvalue weighted by Gasteiger charge is -2.30. The summed E-state index contributed by atoms with van der Waals surface area (Å²) in [7, 11) is 6.33. The van der Waals surface area contributed by atoms with Crippen molar-refractivity contribution in [1.29, 1.82) is 0 Å². The minimum Gasteiger partial charge on any atom is -0.497 e. The number of nitrogens with one attached hydrogen (secondary N) is 1. The summed E-state index contributed by atoms with van der Waals surface area (Å²) in [5, 5.41) is 9.13. The highest BCUT2D eigenvalue weighted by atomic mass is 16.5. The van der Waals surface area contributed by atoms with Crippen LogP contribution in [0.5, 0.6) is 17.2 Å². The van der Waals surface area contributed by atoms with Crippen LogP contribution in [-0.2, 0) is 9.53 Å². The van der Waals surface area contributed by atoms with Crippen molar-refractivity contribution in [3.05, 3.63) is 53.6 Å². The number of benzene rings is 2. The number of hydrogen-bond donors (Lipinski definition) is 1. The van der Waals surface area contributed by atoms with Gasteiger partial charge in [0.1, 0.15) is 23.8 Å². The minimum absolute atomic E-state index is 0.158. The number of ether oxygens (including phenoxy) is 4. The van der Waals surface area contributed by atoms with Gasteiger partial charge < -0.3 is 29.2 Å². The van der Waals surface area contributed by atoms with Crippen LogP contribution in [0, 0.1) is 0 Å². The fraction of sp³-hybridized carbons (Fsp3) is 0.464. The molecule has 1 atom stereocenters. The number of rotatable bonds is 10. The van der Waals surface area contributed by atoms with Crippen LogP contribution in [-0.4, -0.2) is 81.2 Å². The van der Waals surface area contributed by atoms with Gasteiger partial charge in [0.15, 0.2) is 0 Å². The summed E-state index contributed by atoms with van der Waals surface area (Å²) >= 11 is 0. The van der Waals surface area contributed by atoms with Gasteiger partial charge in [-0.05, 0) is 50.6 Å². The molecule has 1 heterocycles. The molecule has 10 heteroatoms. The van der Waals surface area contributed by atoms with Crippen molar-refractivity contribution in [3.63, 3.8) is 0 Å². The molecule has 0 saturated heterocycles. The van der Waals surface area contributed by atoms with Crippen LogP contribution < -0.4 is 19.5 Å². The Morgan fingerprint density at radius 3 is 2.24 bits per heavy atom. The topological polar surface area (TPSA) is 102 Å². The highest BCUT2D eigenvalue weighted by Gasteiger charge is 2.35. The normalized spacial score (nSPS) is 15.1. The summed E-state index contributed by atoms with van der Waals surface area (Å²) in [6.07, 6.45) is 0.465. The third kappa shape index (κ3) is 7.16. The Labute approximate surface area is 224 Å². The van der Waals surface area contributed by atoms with E-state index in [1.165, 1.54) is 9.91 Å². The van der Waals surface area contributed by atoms with E-state index in [-0.39, 0.29) is 31.1 Å². The van der Waals surface area contributed by atoms with Crippen molar-refractivity contribution in [2.75, 3.05) is 48.1 Å². The van der Waals surface area contributed by atoms with E-state index in [4.69, 9.17) is 24.0 Å². The predicted octanol–water partition coefficient (Wildman–Crippen LogP) is 3.85. The molecule has 1 N–H and O–H groups in total. The molecule has 2 aromatic carbocycles. The molecule has 10 nitrogen and oxygen atoms in total. The molecule has 1 aliphatic rings. The van der Waals surface area contributed by atoms with Gasteiger partial charge in [-0.2, -0.15) is 5.10 Å². The molecule has 0 aromatic heterocycles. The SMILES string of the molecule is COCCN(CC(=O)N1N=C(c2ccc(OC)cc2OC)C[C@H]1c1ccc(OC)cc1)C(=O)NC(C)(C)C. The lowest BCUT2D eigenvalue weighted by atomic mass is 9.97. The first-order valence-corrected chi connectivity index (χ1v) is 12.4. The molecule has 206 valence electrons. The molecule has 2 aromatic rings. The van der Waals surface area contributed by atoms with Crippen molar-refractivity contribution in [1.82, 2.24) is 15.2 Å². The standard InChI is InChI=1S/C28H38N4O6/c1-28(2,3)29-27(34)31(14-15-35-4)18-26(33)32-24(19-8-10-20(36-5)11-9-19)17-23(30-32)22-13-12-21(37-6)16-25(22)38-7/h8-13,16,24H,14-15,17-18H2,1-7H3,(H,29,34)/t24-/m0/s1. The van der Waals surface area contributed by atoms with Gasteiger partial charge in [0, 0.05) is 37.2 Å². The van der Waals surface area contributed by atoms with Gasteiger partial charge in [-0.3, -0.25) is 4.79 Å². The molecule has 3 rings (SSSR count). The third-order valence-corrected chi connectivity index (χ3v) is 6.05. The van der Waals surface area contributed by atoms with Crippen LogP contribution in [0.25, 0.3) is 0 Å². The molecule has 0 saturated carbocycles. The van der Waals surface area contributed by atoms with E-state index in [1.807, 2.05) is 57.2 Å². The largest absolute Gasteiger partial charge is 0.497 e. The zero-order valence-electron chi connectivity index (χ0n) is 23.2. The maximum Gasteiger partial charge on any atom is 0.318 e. The van der Waals surface area contributed by atoms with Gasteiger partial charge in [0.25, 0.3) is 5.91 Å². The van der Waals surface area contributed by atoms with Gasteiger partial charge in [0.2, 0.25) is 0 Å². The van der Waals surface area contributed by atoms with Crippen LogP contribution in [0.3, 0.4) is 0 Å². The van der Waals surface area contributed by atoms with E-state index in [0.29, 0.717) is 36.0 Å². The molecule has 0 bridgehead atoms. The predicted molar refractivity (Wildman–Crippen MR) is 145 cm³/mol. The third-order valence-electron chi connectivity index (χ3n) is 6.05. The Morgan fingerprint density at radius 1 is 1.00 bits per heavy atom. The fourth-order valence-electron chi connectivity index (χ4n) is 4.12. The maximum atomic E-state index is 13.7. The summed E-state index contributed by atoms with van der Waals surface area (Å²) in [5.74, 6) is 1.65. The Hall–Kier alpha value is -3.79. The van der Waals surface area contributed by atoms with Crippen molar-refractivity contribution in [2.24, 2.45) is 5.10 Å². The summed E-state index contributed by atoms with van der Waals surface area (Å²) in [6, 6.07) is 12.3. The number of carbonyl (C=O) groups is 2. The molecule has 0 unspecified atom stereocenters. The second kappa shape index (κ2) is 12.6. The zero-order valence-corrected chi connectivity index (χ0v) is 23.2. The molecular formula is C28H38N4O6. The molecule has 3 amide bonds. The number of amides is 3. The van der Waals surface area contributed by atoms with E-state index < -0.39 is 5.54 Å². The highest BCUT2D eigenvalue weighted by molar-refractivity contribution is 6.05. The molecule has 0 fully saturated rings. The molecule has 0 aliphatic carbocycles. The first kappa shape index (κ1) is 28.8. The summed E-state index contributed by atoms with van der Waals surface area (Å²) in [5.41, 5.74) is 1.90. The number of hydrogen-bond acceptors (Lipinski definition) is 7. The summed E-state index contributed by atoms with van der Waals surface area (Å²) in [4.78, 5) is 28.1. The van der Waals surface area contributed by atoms with Crippen LogP contribution in [0.4, 0.5) is 4.79 Å². The fourth-order valence-corrected chi connectivity index (χ4v) is 4.12. The number of methoxy groups -OCH3 is 4. The zero-order chi connectivity index (χ0) is 27.9. The molecule has 38 heavy (non-hydrogen) atoms. The molecule has 0 radical (unpaired) electrons. The van der Waals surface area contributed by atoms with Crippen molar-refractivity contribution in [3.8, 4) is 17.2 Å². The molecule has 0 spiro atoms. The maximum absolute atomic E-state index is 13.7. The molecule has 1 aliphatic heterocycles. The van der Waals surface area contributed by atoms with Crippen molar-refractivity contribution >= 4 is 17.6 Å². The van der Waals surface area contributed by atoms with Gasteiger partial charge >= 0.3 is 6.03 Å². The lowest BCUT2D eigenvalue weighted by molar-refractivity contribution is -0.133. The first-order chi connectivity index (χ1) is 18.1. The van der Waals surface area contributed by atoms with Gasteiger partial charge in [-0.1, -0.05) is 12.1 Å². The first-order valence-electron chi connectivity index (χ1n) is 12.4. The van der Waals surface area contributed by atoms with Crippen molar-refractivity contribution in [2.45, 2.75) is 38.8 Å². The second-order valence-corrected chi connectivity index (χ2v) is 9.94. The number of hydrazone groups is 1. The van der Waals surface area contributed by atoms with E-state index in [1.54, 1.807) is 34.5 Å².